The number of aryl methyl sites for hydroxylation is 1. The Hall–Kier alpha value is -4.49. The third-order valence-electron chi connectivity index (χ3n) is 6.31. The standard InChI is InChI=1S/C30H20FN2O/c1-18-7-11-24-25-12-10-22(17-32)28(21-9-8-19-5-3-4-6-20(19)15-21)30(25)34-29(24)27(18)26-16-23(31)13-14-33(26)2/h3-16H,1-2H3/q+1/i13D,14D,16D. The van der Waals surface area contributed by atoms with Crippen molar-refractivity contribution in [1.29, 1.82) is 5.26 Å². The molecule has 0 aliphatic carbocycles. The largest absolute Gasteiger partial charge is 0.454 e. The summed E-state index contributed by atoms with van der Waals surface area (Å²) in [5.74, 6) is -1.05. The van der Waals surface area contributed by atoms with Gasteiger partial charge < -0.3 is 4.42 Å². The molecule has 2 heterocycles. The van der Waals surface area contributed by atoms with E-state index in [1.165, 1.54) is 4.57 Å². The molecule has 0 unspecified atom stereocenters. The van der Waals surface area contributed by atoms with E-state index in [9.17, 15) is 9.65 Å². The number of hydrogen-bond donors (Lipinski definition) is 0. The van der Waals surface area contributed by atoms with Crippen LogP contribution in [-0.2, 0) is 7.05 Å². The van der Waals surface area contributed by atoms with Gasteiger partial charge in [-0.2, -0.15) is 5.26 Å². The first-order chi connectivity index (χ1) is 17.8. The topological polar surface area (TPSA) is 40.8 Å². The SMILES string of the molecule is [2H]c1c(F)c([2H])c(-c2c(C)ccc3c2oc2c(-c4ccc5ccccc5c4)c(C#N)ccc23)[n+](C)c1[2H]. The Kier molecular flexibility index (Phi) is 3.78. The lowest BCUT2D eigenvalue weighted by Crippen LogP contribution is -2.30. The zero-order valence-electron chi connectivity index (χ0n) is 21.5. The van der Waals surface area contributed by atoms with Crippen LogP contribution < -0.4 is 4.57 Å². The number of benzene rings is 4. The van der Waals surface area contributed by atoms with Crippen LogP contribution in [0.25, 0.3) is 55.1 Å². The molecule has 0 aliphatic rings. The van der Waals surface area contributed by atoms with Crippen molar-refractivity contribution in [3.05, 3.63) is 102 Å². The van der Waals surface area contributed by atoms with E-state index in [1.54, 1.807) is 13.1 Å². The average Bonchev–Trinajstić information content (AvgIpc) is 3.29. The second-order valence-corrected chi connectivity index (χ2v) is 8.36. The Labute approximate surface area is 200 Å². The summed E-state index contributed by atoms with van der Waals surface area (Å²) in [6.07, 6.45) is -0.334. The number of rotatable bonds is 2. The van der Waals surface area contributed by atoms with Crippen LogP contribution in [0, 0.1) is 24.1 Å². The van der Waals surface area contributed by atoms with E-state index >= 15 is 0 Å². The summed E-state index contributed by atoms with van der Waals surface area (Å²) in [5, 5.41) is 13.6. The van der Waals surface area contributed by atoms with Gasteiger partial charge in [-0.25, -0.2) is 8.96 Å². The molecule has 0 saturated carbocycles. The highest BCUT2D eigenvalue weighted by Crippen LogP contribution is 2.42. The molecule has 0 aliphatic heterocycles. The van der Waals surface area contributed by atoms with Crippen molar-refractivity contribution < 1.29 is 17.5 Å². The monoisotopic (exact) mass is 446 g/mol. The average molecular weight is 447 g/mol. The fourth-order valence-corrected chi connectivity index (χ4v) is 4.66. The van der Waals surface area contributed by atoms with Crippen molar-refractivity contribution in [3.8, 4) is 28.5 Å². The summed E-state index contributed by atoms with van der Waals surface area (Å²) in [6.45, 7) is 1.84. The number of nitriles is 1. The molecule has 0 bridgehead atoms. The molecule has 0 N–H and O–H groups in total. The van der Waals surface area contributed by atoms with Crippen LogP contribution in [0.1, 0.15) is 15.2 Å². The minimum absolute atomic E-state index is 0.161. The molecule has 0 radical (unpaired) electrons. The second kappa shape index (κ2) is 7.54. The van der Waals surface area contributed by atoms with Crippen molar-refractivity contribution in [1.82, 2.24) is 0 Å². The number of halogens is 1. The van der Waals surface area contributed by atoms with Gasteiger partial charge in [0.1, 0.15) is 25.4 Å². The number of nitrogens with zero attached hydrogens (tertiary/aromatic N) is 2. The van der Waals surface area contributed by atoms with E-state index in [0.717, 1.165) is 32.7 Å². The molecule has 0 amide bonds. The van der Waals surface area contributed by atoms with Gasteiger partial charge in [-0.1, -0.05) is 48.5 Å². The summed E-state index contributed by atoms with van der Waals surface area (Å²) in [5.41, 5.74) is 4.30. The van der Waals surface area contributed by atoms with Crippen LogP contribution >= 0.6 is 0 Å². The first kappa shape index (κ1) is 17.0. The van der Waals surface area contributed by atoms with E-state index in [4.69, 9.17) is 8.53 Å². The summed E-state index contributed by atoms with van der Waals surface area (Å²) < 4.78 is 47.1. The number of fused-ring (bicyclic) bond motifs is 4. The summed E-state index contributed by atoms with van der Waals surface area (Å²) in [4.78, 5) is 0. The quantitative estimate of drug-likeness (QED) is 0.264. The molecule has 6 rings (SSSR count). The molecule has 34 heavy (non-hydrogen) atoms. The number of pyridine rings is 1. The molecular weight excluding hydrogens is 423 g/mol. The Morgan fingerprint density at radius 2 is 1.68 bits per heavy atom. The van der Waals surface area contributed by atoms with Crippen molar-refractivity contribution >= 4 is 32.7 Å². The maximum Gasteiger partial charge on any atom is 0.219 e. The van der Waals surface area contributed by atoms with Crippen molar-refractivity contribution in [3.63, 3.8) is 0 Å². The van der Waals surface area contributed by atoms with Gasteiger partial charge in [0.05, 0.1) is 19.9 Å². The highest BCUT2D eigenvalue weighted by Gasteiger charge is 2.23. The lowest BCUT2D eigenvalue weighted by atomic mass is 9.95. The van der Waals surface area contributed by atoms with Crippen molar-refractivity contribution in [2.75, 3.05) is 0 Å². The van der Waals surface area contributed by atoms with Crippen molar-refractivity contribution in [2.45, 2.75) is 6.92 Å². The molecule has 2 aromatic heterocycles. The molecule has 162 valence electrons. The van der Waals surface area contributed by atoms with E-state index in [0.29, 0.717) is 27.9 Å². The molecule has 4 aromatic carbocycles. The van der Waals surface area contributed by atoms with E-state index in [-0.39, 0.29) is 11.9 Å². The number of hydrogen-bond acceptors (Lipinski definition) is 2. The van der Waals surface area contributed by atoms with Crippen LogP contribution in [-0.4, -0.2) is 0 Å². The summed E-state index contributed by atoms with van der Waals surface area (Å²) >= 11 is 0. The maximum atomic E-state index is 14.8. The molecule has 6 aromatic rings. The lowest BCUT2D eigenvalue weighted by Gasteiger charge is -2.07. The lowest BCUT2D eigenvalue weighted by molar-refractivity contribution is -0.660. The van der Waals surface area contributed by atoms with Crippen LogP contribution in [0.4, 0.5) is 4.39 Å². The fourth-order valence-electron chi connectivity index (χ4n) is 4.66. The number of aromatic nitrogens is 1. The molecule has 3 nitrogen and oxygen atoms in total. The molecule has 0 spiro atoms. The van der Waals surface area contributed by atoms with Gasteiger partial charge in [0.25, 0.3) is 0 Å². The molecule has 0 atom stereocenters. The van der Waals surface area contributed by atoms with Gasteiger partial charge in [-0.05, 0) is 47.0 Å². The van der Waals surface area contributed by atoms with E-state index in [2.05, 4.69) is 6.07 Å². The van der Waals surface area contributed by atoms with Gasteiger partial charge in [-0.15, -0.1) is 0 Å². The van der Waals surface area contributed by atoms with Crippen LogP contribution in [0.15, 0.2) is 89.4 Å². The van der Waals surface area contributed by atoms with Crippen LogP contribution in [0.5, 0.6) is 0 Å². The minimum Gasteiger partial charge on any atom is -0.454 e. The molecule has 4 heteroatoms. The van der Waals surface area contributed by atoms with Crippen LogP contribution in [0.2, 0.25) is 0 Å². The van der Waals surface area contributed by atoms with E-state index in [1.807, 2.05) is 67.6 Å². The Bertz CT molecular complexity index is 1940. The second-order valence-electron chi connectivity index (χ2n) is 8.36. The predicted octanol–water partition coefficient (Wildman–Crippen LogP) is 7.22. The smallest absolute Gasteiger partial charge is 0.219 e. The molecule has 0 saturated heterocycles. The van der Waals surface area contributed by atoms with Gasteiger partial charge in [0.2, 0.25) is 5.69 Å². The third-order valence-corrected chi connectivity index (χ3v) is 6.31. The highest BCUT2D eigenvalue weighted by atomic mass is 19.1. The third kappa shape index (κ3) is 2.98. The van der Waals surface area contributed by atoms with Crippen molar-refractivity contribution in [2.24, 2.45) is 7.05 Å². The maximum absolute atomic E-state index is 14.8. The zero-order chi connectivity index (χ0) is 26.0. The van der Waals surface area contributed by atoms with E-state index < -0.39 is 17.9 Å². The predicted molar refractivity (Wildman–Crippen MR) is 133 cm³/mol. The zero-order valence-corrected chi connectivity index (χ0v) is 18.5. The first-order valence-corrected chi connectivity index (χ1v) is 10.9. The molecular formula is C30H20FN2O+. The Morgan fingerprint density at radius 3 is 2.47 bits per heavy atom. The van der Waals surface area contributed by atoms with Gasteiger partial charge in [-0.3, -0.25) is 0 Å². The van der Waals surface area contributed by atoms with Gasteiger partial charge in [0.15, 0.2) is 6.17 Å². The van der Waals surface area contributed by atoms with Gasteiger partial charge in [0, 0.05) is 28.4 Å². The Morgan fingerprint density at radius 1 is 0.941 bits per heavy atom. The van der Waals surface area contributed by atoms with Crippen LogP contribution in [0.3, 0.4) is 0 Å². The highest BCUT2D eigenvalue weighted by molar-refractivity contribution is 6.14. The normalized spacial score (nSPS) is 12.6. The summed E-state index contributed by atoms with van der Waals surface area (Å²) in [7, 11) is 1.54. The number of furan rings is 1. The minimum atomic E-state index is -1.05. The Balaban J connectivity index is 1.74. The first-order valence-electron chi connectivity index (χ1n) is 12.4. The summed E-state index contributed by atoms with van der Waals surface area (Å²) in [6, 6.07) is 22.6. The fraction of sp³-hybridized carbons (Fsp3) is 0.0667. The molecule has 0 fully saturated rings. The van der Waals surface area contributed by atoms with Gasteiger partial charge >= 0.3 is 0 Å².